The van der Waals surface area contributed by atoms with Gasteiger partial charge in [-0.2, -0.15) is 0 Å². The molecule has 0 saturated heterocycles. The number of hydrogen-bond acceptors (Lipinski definition) is 2. The van der Waals surface area contributed by atoms with Crippen molar-refractivity contribution in [1.29, 1.82) is 0 Å². The Balaban J connectivity index is 2.30. The van der Waals surface area contributed by atoms with Crippen LogP contribution in [0.5, 0.6) is 11.5 Å². The minimum absolute atomic E-state index is 0.309. The number of rotatable bonds is 5. The normalized spacial score (nSPS) is 10.6. The lowest BCUT2D eigenvalue weighted by molar-refractivity contribution is 0.463. The van der Waals surface area contributed by atoms with Gasteiger partial charge in [-0.05, 0) is 36.9 Å². The van der Waals surface area contributed by atoms with Gasteiger partial charge in [0.15, 0.2) is 0 Å². The Morgan fingerprint density at radius 2 is 1.85 bits per heavy atom. The van der Waals surface area contributed by atoms with Crippen LogP contribution in [0.25, 0.3) is 0 Å². The molecule has 0 aliphatic rings. The molecule has 2 aromatic carbocycles. The van der Waals surface area contributed by atoms with Crippen LogP contribution in [0.1, 0.15) is 12.5 Å². The molecule has 20 heavy (non-hydrogen) atoms. The number of halogens is 3. The molecule has 2 nitrogen and oxygen atoms in total. The topological polar surface area (TPSA) is 21.3 Å². The van der Waals surface area contributed by atoms with Gasteiger partial charge in [0.05, 0.1) is 0 Å². The van der Waals surface area contributed by atoms with Gasteiger partial charge in [-0.1, -0.05) is 36.2 Å². The molecule has 0 fully saturated rings. The van der Waals surface area contributed by atoms with Crippen molar-refractivity contribution in [2.45, 2.75) is 13.5 Å². The molecule has 2 rings (SSSR count). The third kappa shape index (κ3) is 3.85. The highest BCUT2D eigenvalue weighted by molar-refractivity contribution is 6.34. The zero-order valence-corrected chi connectivity index (χ0v) is 12.4. The summed E-state index contributed by atoms with van der Waals surface area (Å²) in [5, 5.41) is 4.02. The van der Waals surface area contributed by atoms with E-state index in [9.17, 15) is 4.39 Å². The summed E-state index contributed by atoms with van der Waals surface area (Å²) in [5.41, 5.74) is 0.477. The van der Waals surface area contributed by atoms with Crippen LogP contribution >= 0.6 is 23.2 Å². The Morgan fingerprint density at radius 3 is 2.50 bits per heavy atom. The molecular weight excluding hydrogens is 300 g/mol. The van der Waals surface area contributed by atoms with E-state index >= 15 is 0 Å². The highest BCUT2D eigenvalue weighted by atomic mass is 35.5. The van der Waals surface area contributed by atoms with Crippen molar-refractivity contribution in [3.8, 4) is 11.5 Å². The molecule has 0 aliphatic heterocycles. The van der Waals surface area contributed by atoms with E-state index in [1.165, 1.54) is 6.07 Å². The van der Waals surface area contributed by atoms with Crippen molar-refractivity contribution in [3.63, 3.8) is 0 Å². The summed E-state index contributed by atoms with van der Waals surface area (Å²) >= 11 is 11.8. The van der Waals surface area contributed by atoms with Crippen LogP contribution < -0.4 is 10.1 Å². The van der Waals surface area contributed by atoms with Gasteiger partial charge >= 0.3 is 0 Å². The predicted octanol–water partition coefficient (Wildman–Crippen LogP) is 5.03. The third-order valence-corrected chi connectivity index (χ3v) is 3.13. The van der Waals surface area contributed by atoms with Crippen LogP contribution in [0.4, 0.5) is 4.39 Å². The second-order valence-corrected chi connectivity index (χ2v) is 5.08. The zero-order valence-electron chi connectivity index (χ0n) is 10.9. The summed E-state index contributed by atoms with van der Waals surface area (Å²) in [6.45, 7) is 3.10. The molecule has 0 radical (unpaired) electrons. The maximum Gasteiger partial charge on any atom is 0.134 e. The van der Waals surface area contributed by atoms with Crippen molar-refractivity contribution in [2.75, 3.05) is 6.54 Å². The molecule has 0 aromatic heterocycles. The third-order valence-electron chi connectivity index (χ3n) is 2.69. The Labute approximate surface area is 127 Å². The fourth-order valence-electron chi connectivity index (χ4n) is 1.77. The van der Waals surface area contributed by atoms with E-state index in [2.05, 4.69) is 5.32 Å². The first-order valence-corrected chi connectivity index (χ1v) is 6.97. The molecule has 0 unspecified atom stereocenters. The summed E-state index contributed by atoms with van der Waals surface area (Å²) < 4.78 is 19.6. The molecule has 0 amide bonds. The van der Waals surface area contributed by atoms with Crippen molar-refractivity contribution in [1.82, 2.24) is 5.32 Å². The molecular formula is C15H14Cl2FNO. The number of hydrogen-bond donors (Lipinski definition) is 1. The lowest BCUT2D eigenvalue weighted by atomic mass is 10.2. The van der Waals surface area contributed by atoms with Gasteiger partial charge in [-0.25, -0.2) is 4.39 Å². The van der Waals surface area contributed by atoms with Gasteiger partial charge in [0.2, 0.25) is 0 Å². The molecule has 0 spiro atoms. The first kappa shape index (κ1) is 15.1. The molecule has 5 heteroatoms. The lowest BCUT2D eigenvalue weighted by Crippen LogP contribution is -2.13. The maximum atomic E-state index is 13.9. The average molecular weight is 314 g/mol. The van der Waals surface area contributed by atoms with Crippen LogP contribution in [0.3, 0.4) is 0 Å². The van der Waals surface area contributed by atoms with Gasteiger partial charge in [0, 0.05) is 22.2 Å². The molecule has 0 atom stereocenters. The molecule has 2 aromatic rings. The van der Waals surface area contributed by atoms with Gasteiger partial charge < -0.3 is 10.1 Å². The molecule has 106 valence electrons. The quantitative estimate of drug-likeness (QED) is 0.835. The second-order valence-electron chi connectivity index (χ2n) is 4.20. The fraction of sp³-hybridized carbons (Fsp3) is 0.200. The van der Waals surface area contributed by atoms with Crippen LogP contribution in [0.2, 0.25) is 10.0 Å². The minimum Gasteiger partial charge on any atom is -0.457 e. The fourth-order valence-corrected chi connectivity index (χ4v) is 2.28. The van der Waals surface area contributed by atoms with Crippen LogP contribution in [-0.2, 0) is 6.54 Å². The van der Waals surface area contributed by atoms with Crippen molar-refractivity contribution >= 4 is 23.2 Å². The summed E-state index contributed by atoms with van der Waals surface area (Å²) in [5.74, 6) is 0.617. The van der Waals surface area contributed by atoms with E-state index in [0.717, 1.165) is 6.54 Å². The van der Waals surface area contributed by atoms with E-state index in [4.69, 9.17) is 27.9 Å². The molecule has 1 N–H and O–H groups in total. The second kappa shape index (κ2) is 6.93. The van der Waals surface area contributed by atoms with Gasteiger partial charge in [-0.3, -0.25) is 0 Å². The highest BCUT2D eigenvalue weighted by Crippen LogP contribution is 2.31. The summed E-state index contributed by atoms with van der Waals surface area (Å²) in [4.78, 5) is 0. The van der Waals surface area contributed by atoms with Gasteiger partial charge in [0.1, 0.15) is 17.3 Å². The number of benzene rings is 2. The monoisotopic (exact) mass is 313 g/mol. The van der Waals surface area contributed by atoms with Crippen molar-refractivity contribution in [2.24, 2.45) is 0 Å². The number of nitrogens with one attached hydrogen (secondary N) is 1. The van der Waals surface area contributed by atoms with Crippen molar-refractivity contribution < 1.29 is 9.13 Å². The summed E-state index contributed by atoms with van der Waals surface area (Å²) in [6, 6.07) is 9.60. The Bertz CT molecular complexity index is 584. The zero-order chi connectivity index (χ0) is 14.5. The Hall–Kier alpha value is -1.29. The number of ether oxygens (including phenoxy) is 1. The lowest BCUT2D eigenvalue weighted by Gasteiger charge is -2.12. The van der Waals surface area contributed by atoms with Crippen molar-refractivity contribution in [3.05, 3.63) is 57.8 Å². The van der Waals surface area contributed by atoms with E-state index < -0.39 is 0 Å². The van der Waals surface area contributed by atoms with Crippen LogP contribution in [-0.4, -0.2) is 6.54 Å². The van der Waals surface area contributed by atoms with Gasteiger partial charge in [0.25, 0.3) is 0 Å². The highest BCUT2D eigenvalue weighted by Gasteiger charge is 2.10. The molecule has 0 heterocycles. The van der Waals surface area contributed by atoms with E-state index in [-0.39, 0.29) is 5.82 Å². The predicted molar refractivity (Wildman–Crippen MR) is 80.3 cm³/mol. The van der Waals surface area contributed by atoms with E-state index in [0.29, 0.717) is 33.7 Å². The first-order chi connectivity index (χ1) is 9.60. The van der Waals surface area contributed by atoms with Crippen LogP contribution in [0, 0.1) is 5.82 Å². The Morgan fingerprint density at radius 1 is 1.15 bits per heavy atom. The Kier molecular flexibility index (Phi) is 5.24. The largest absolute Gasteiger partial charge is 0.457 e. The summed E-state index contributed by atoms with van der Waals surface area (Å²) in [6.07, 6.45) is 0. The smallest absolute Gasteiger partial charge is 0.134 e. The molecule has 0 aliphatic carbocycles. The standard InChI is InChI=1S/C15H14Cl2FNO/c1-2-19-9-13-14(18)4-3-5-15(13)20-12-7-10(16)6-11(17)8-12/h3-8,19H,2,9H2,1H3. The SMILES string of the molecule is CCNCc1c(F)cccc1Oc1cc(Cl)cc(Cl)c1. The van der Waals surface area contributed by atoms with E-state index in [1.54, 1.807) is 30.3 Å². The maximum absolute atomic E-state index is 13.9. The average Bonchev–Trinajstić information content (AvgIpc) is 2.37. The molecule has 0 saturated carbocycles. The summed E-state index contributed by atoms with van der Waals surface area (Å²) in [7, 11) is 0. The molecule has 0 bridgehead atoms. The first-order valence-electron chi connectivity index (χ1n) is 6.22. The van der Waals surface area contributed by atoms with Gasteiger partial charge in [-0.15, -0.1) is 0 Å². The minimum atomic E-state index is -0.309. The van der Waals surface area contributed by atoms with Crippen LogP contribution in [0.15, 0.2) is 36.4 Å². The van der Waals surface area contributed by atoms with E-state index in [1.807, 2.05) is 6.92 Å².